The fourth-order valence-electron chi connectivity index (χ4n) is 3.29. The second kappa shape index (κ2) is 5.51. The number of fused-ring (bicyclic) bond motifs is 1. The molecule has 126 valence electrons. The third-order valence-corrected chi connectivity index (χ3v) is 5.11. The van der Waals surface area contributed by atoms with Crippen molar-refractivity contribution in [2.75, 3.05) is 6.54 Å². The highest BCUT2D eigenvalue weighted by atomic mass is 19.4. The van der Waals surface area contributed by atoms with E-state index in [1.54, 1.807) is 6.07 Å². The van der Waals surface area contributed by atoms with Gasteiger partial charge in [-0.3, -0.25) is 4.79 Å². The average Bonchev–Trinajstić information content (AvgIpc) is 2.82. The molecule has 0 saturated heterocycles. The third kappa shape index (κ3) is 3.09. The molecule has 2 aliphatic rings. The molecule has 3 rings (SSSR count). The Morgan fingerprint density at radius 2 is 2.04 bits per heavy atom. The molecule has 1 heterocycles. The number of benzene rings is 1. The van der Waals surface area contributed by atoms with E-state index in [2.05, 4.69) is 17.6 Å². The number of carbonyl (C=O) groups is 1. The molecular weight excluding hydrogens is 305 g/mol. The highest BCUT2D eigenvalue weighted by Crippen LogP contribution is 2.38. The zero-order chi connectivity index (χ0) is 16.8. The molecule has 1 aliphatic heterocycles. The largest absolute Gasteiger partial charge is 0.416 e. The zero-order valence-electron chi connectivity index (χ0n) is 13.3. The summed E-state index contributed by atoms with van der Waals surface area (Å²) in [5, 5.41) is 5.93. The lowest BCUT2D eigenvalue weighted by Crippen LogP contribution is -2.49. The molecule has 0 spiro atoms. The average molecular weight is 326 g/mol. The number of hydrogen-bond donors (Lipinski definition) is 2. The first-order valence-corrected chi connectivity index (χ1v) is 7.97. The molecule has 1 unspecified atom stereocenters. The lowest BCUT2D eigenvalue weighted by molar-refractivity contribution is -0.138. The fraction of sp³-hybridized carbons (Fsp3) is 0.588. The Bertz CT molecular complexity index is 635. The Kier molecular flexibility index (Phi) is 3.91. The summed E-state index contributed by atoms with van der Waals surface area (Å²) >= 11 is 0. The van der Waals surface area contributed by atoms with Crippen LogP contribution < -0.4 is 10.6 Å². The van der Waals surface area contributed by atoms with Crippen molar-refractivity contribution in [1.29, 1.82) is 0 Å². The van der Waals surface area contributed by atoms with Crippen LogP contribution in [-0.4, -0.2) is 18.0 Å². The van der Waals surface area contributed by atoms with E-state index >= 15 is 0 Å². The van der Waals surface area contributed by atoms with Gasteiger partial charge < -0.3 is 10.6 Å². The van der Waals surface area contributed by atoms with Gasteiger partial charge in [-0.2, -0.15) is 13.2 Å². The first-order chi connectivity index (χ1) is 10.7. The van der Waals surface area contributed by atoms with Gasteiger partial charge >= 0.3 is 6.18 Å². The maximum Gasteiger partial charge on any atom is 0.416 e. The smallest absolute Gasteiger partial charge is 0.348 e. The Hall–Kier alpha value is -1.56. The van der Waals surface area contributed by atoms with Gasteiger partial charge in [-0.1, -0.05) is 6.92 Å². The van der Waals surface area contributed by atoms with Gasteiger partial charge in [0.2, 0.25) is 0 Å². The standard InChI is InChI=1S/C17H21F3N2O/c1-10(8-22-16(2)4-3-5-16)11-6-12-13(9-21-15(12)23)14(7-11)17(18,19)20/h6-7,10,22H,3-5,8-9H2,1-2H3,(H,21,23). The summed E-state index contributed by atoms with van der Waals surface area (Å²) in [4.78, 5) is 11.8. The molecule has 0 aromatic heterocycles. The van der Waals surface area contributed by atoms with Crippen LogP contribution in [0.2, 0.25) is 0 Å². The van der Waals surface area contributed by atoms with Crippen LogP contribution in [0, 0.1) is 0 Å². The third-order valence-electron chi connectivity index (χ3n) is 5.11. The minimum atomic E-state index is -4.44. The number of halogens is 3. The van der Waals surface area contributed by atoms with Crippen molar-refractivity contribution in [3.8, 4) is 0 Å². The predicted molar refractivity (Wildman–Crippen MR) is 81.3 cm³/mol. The van der Waals surface area contributed by atoms with Crippen molar-refractivity contribution in [1.82, 2.24) is 10.6 Å². The van der Waals surface area contributed by atoms with Crippen LogP contribution in [-0.2, 0) is 12.7 Å². The minimum Gasteiger partial charge on any atom is -0.348 e. The zero-order valence-corrected chi connectivity index (χ0v) is 13.3. The lowest BCUT2D eigenvalue weighted by Gasteiger charge is -2.40. The highest BCUT2D eigenvalue weighted by Gasteiger charge is 2.38. The first-order valence-electron chi connectivity index (χ1n) is 7.97. The van der Waals surface area contributed by atoms with Gasteiger partial charge in [0.1, 0.15) is 0 Å². The molecule has 1 atom stereocenters. The van der Waals surface area contributed by atoms with Crippen molar-refractivity contribution in [3.05, 3.63) is 34.4 Å². The Morgan fingerprint density at radius 3 is 2.61 bits per heavy atom. The van der Waals surface area contributed by atoms with Crippen molar-refractivity contribution in [2.45, 2.75) is 57.3 Å². The number of alkyl halides is 3. The minimum absolute atomic E-state index is 0.0476. The molecule has 6 heteroatoms. The molecule has 23 heavy (non-hydrogen) atoms. The van der Waals surface area contributed by atoms with Gasteiger partial charge in [0.05, 0.1) is 5.56 Å². The topological polar surface area (TPSA) is 41.1 Å². The molecule has 0 bridgehead atoms. The van der Waals surface area contributed by atoms with Crippen LogP contribution in [0.4, 0.5) is 13.2 Å². The summed E-state index contributed by atoms with van der Waals surface area (Å²) < 4.78 is 39.9. The summed E-state index contributed by atoms with van der Waals surface area (Å²) in [6, 6.07) is 2.82. The summed E-state index contributed by atoms with van der Waals surface area (Å²) in [5.41, 5.74) is 0.206. The quantitative estimate of drug-likeness (QED) is 0.888. The van der Waals surface area contributed by atoms with Gasteiger partial charge in [0.25, 0.3) is 5.91 Å². The van der Waals surface area contributed by atoms with E-state index in [9.17, 15) is 18.0 Å². The van der Waals surface area contributed by atoms with Gasteiger partial charge in [-0.15, -0.1) is 0 Å². The van der Waals surface area contributed by atoms with Crippen LogP contribution in [0.1, 0.15) is 66.1 Å². The van der Waals surface area contributed by atoms with Crippen molar-refractivity contribution >= 4 is 5.91 Å². The molecule has 2 N–H and O–H groups in total. The van der Waals surface area contributed by atoms with Crippen molar-refractivity contribution in [2.24, 2.45) is 0 Å². The number of rotatable bonds is 4. The molecule has 1 aliphatic carbocycles. The molecule has 1 fully saturated rings. The normalized spacial score (nSPS) is 20.7. The number of hydrogen-bond acceptors (Lipinski definition) is 2. The summed E-state index contributed by atoms with van der Waals surface area (Å²) in [6.45, 7) is 4.59. The predicted octanol–water partition coefficient (Wildman–Crippen LogP) is 3.58. The fourth-order valence-corrected chi connectivity index (χ4v) is 3.29. The van der Waals surface area contributed by atoms with Crippen molar-refractivity contribution < 1.29 is 18.0 Å². The molecule has 1 aromatic carbocycles. The van der Waals surface area contributed by atoms with Crippen LogP contribution in [0.25, 0.3) is 0 Å². The maximum atomic E-state index is 13.3. The Balaban J connectivity index is 1.87. The summed E-state index contributed by atoms with van der Waals surface area (Å²) in [6.07, 6.45) is -1.06. The van der Waals surface area contributed by atoms with Crippen LogP contribution >= 0.6 is 0 Å². The molecule has 3 nitrogen and oxygen atoms in total. The SMILES string of the molecule is CC(CNC1(C)CCC1)c1cc2c(c(C(F)(F)F)c1)CNC2=O. The van der Waals surface area contributed by atoms with Gasteiger partial charge in [-0.25, -0.2) is 0 Å². The van der Waals surface area contributed by atoms with E-state index in [-0.39, 0.29) is 29.1 Å². The van der Waals surface area contributed by atoms with Gasteiger partial charge in [-0.05, 0) is 55.4 Å². The van der Waals surface area contributed by atoms with Crippen LogP contribution in [0.5, 0.6) is 0 Å². The first kappa shape index (κ1) is 16.3. The van der Waals surface area contributed by atoms with E-state index in [1.165, 1.54) is 12.5 Å². The van der Waals surface area contributed by atoms with E-state index in [1.807, 2.05) is 6.92 Å². The number of nitrogens with one attached hydrogen (secondary N) is 2. The van der Waals surface area contributed by atoms with Crippen LogP contribution in [0.15, 0.2) is 12.1 Å². The second-order valence-electron chi connectivity index (χ2n) is 6.97. The molecule has 1 aromatic rings. The van der Waals surface area contributed by atoms with Gasteiger partial charge in [0.15, 0.2) is 0 Å². The highest BCUT2D eigenvalue weighted by molar-refractivity contribution is 5.99. The van der Waals surface area contributed by atoms with Gasteiger partial charge in [0, 0.05) is 24.2 Å². The lowest BCUT2D eigenvalue weighted by atomic mass is 9.78. The van der Waals surface area contributed by atoms with E-state index in [4.69, 9.17) is 0 Å². The Labute approximate surface area is 133 Å². The molecular formula is C17H21F3N2O. The number of amides is 1. The van der Waals surface area contributed by atoms with E-state index in [0.29, 0.717) is 12.1 Å². The summed E-state index contributed by atoms with van der Waals surface area (Å²) in [5.74, 6) is -0.509. The maximum absolute atomic E-state index is 13.3. The van der Waals surface area contributed by atoms with Crippen molar-refractivity contribution in [3.63, 3.8) is 0 Å². The van der Waals surface area contributed by atoms with Crippen LogP contribution in [0.3, 0.4) is 0 Å². The van der Waals surface area contributed by atoms with E-state index in [0.717, 1.165) is 12.8 Å². The number of carbonyl (C=O) groups excluding carboxylic acids is 1. The monoisotopic (exact) mass is 326 g/mol. The Morgan fingerprint density at radius 1 is 1.35 bits per heavy atom. The second-order valence-corrected chi connectivity index (χ2v) is 6.97. The van der Waals surface area contributed by atoms with E-state index < -0.39 is 17.6 Å². The molecule has 1 amide bonds. The molecule has 1 saturated carbocycles. The molecule has 0 radical (unpaired) electrons. The summed E-state index contributed by atoms with van der Waals surface area (Å²) in [7, 11) is 0.